The molecule has 0 aliphatic rings. The molecule has 0 spiro atoms. The van der Waals surface area contributed by atoms with Gasteiger partial charge >= 0.3 is 68.4 Å². The van der Waals surface area contributed by atoms with E-state index in [4.69, 9.17) is 0 Å². The summed E-state index contributed by atoms with van der Waals surface area (Å²) < 4.78 is 0. The normalized spacial score (nSPS) is 12.0. The summed E-state index contributed by atoms with van der Waals surface area (Å²) in [5.74, 6) is 7.47. The zero-order valence-corrected chi connectivity index (χ0v) is 9.84. The van der Waals surface area contributed by atoms with Crippen LogP contribution in [0.2, 0.25) is 22.5 Å². The molecule has 0 saturated carbocycles. The number of unbranched alkanes of at least 4 members (excludes halogenated alkanes) is 3. The second-order valence-corrected chi connectivity index (χ2v) is 16.0. The van der Waals surface area contributed by atoms with Gasteiger partial charge in [0.05, 0.1) is 0 Å². The molecule has 61 valence electrons. The predicted molar refractivity (Wildman–Crippen MR) is 52.0 cm³/mol. The van der Waals surface area contributed by atoms with E-state index in [1.54, 1.807) is 5.25 Å². The molecule has 0 rings (SSSR count). The molecule has 0 fully saturated rings. The van der Waals surface area contributed by atoms with Crippen LogP contribution in [0.1, 0.15) is 25.7 Å². The fraction of sp³-hybridized carbons (Fsp3) is 0.889. The van der Waals surface area contributed by atoms with Crippen molar-refractivity contribution in [3.63, 3.8) is 0 Å². The average Bonchev–Trinajstić information content (AvgIpc) is 1.78. The van der Waals surface area contributed by atoms with Crippen LogP contribution in [0.15, 0.2) is 0 Å². The first-order valence-electron chi connectivity index (χ1n) is 4.35. The van der Waals surface area contributed by atoms with Gasteiger partial charge in [0, 0.05) is 0 Å². The molecule has 10 heavy (non-hydrogen) atoms. The summed E-state index contributed by atoms with van der Waals surface area (Å²) >= 11 is -1.17. The van der Waals surface area contributed by atoms with Crippen molar-refractivity contribution in [2.75, 3.05) is 0 Å². The van der Waals surface area contributed by atoms with E-state index < -0.39 is 13.3 Å². The monoisotopic (exact) mass is 203 g/mol. The first kappa shape index (κ1) is 10.5. The molecule has 0 bridgehead atoms. The van der Waals surface area contributed by atoms with Crippen molar-refractivity contribution in [2.24, 2.45) is 0 Å². The Morgan fingerprint density at radius 3 is 2.00 bits per heavy atom. The van der Waals surface area contributed by atoms with Gasteiger partial charge in [0.1, 0.15) is 0 Å². The number of rotatable bonds is 5. The summed E-state index contributed by atoms with van der Waals surface area (Å²) in [5.41, 5.74) is 0. The summed E-state index contributed by atoms with van der Waals surface area (Å²) in [6, 6.07) is 0. The van der Waals surface area contributed by atoms with Gasteiger partial charge in [-0.2, -0.15) is 0 Å². The molecule has 1 heteroatoms. The quantitative estimate of drug-likeness (QED) is 0.470. The van der Waals surface area contributed by atoms with Crippen molar-refractivity contribution in [2.45, 2.75) is 48.2 Å². The molecule has 0 N–H and O–H groups in total. The Kier molecular flexibility index (Phi) is 5.51. The Morgan fingerprint density at radius 2 is 1.60 bits per heavy atom. The van der Waals surface area contributed by atoms with Crippen LogP contribution in [-0.2, 0) is 0 Å². The third-order valence-electron chi connectivity index (χ3n) is 1.68. The molecular formula is C9H21Ge. The van der Waals surface area contributed by atoms with Crippen LogP contribution >= 0.6 is 0 Å². The van der Waals surface area contributed by atoms with Crippen LogP contribution in [0, 0.1) is 6.92 Å². The fourth-order valence-electron chi connectivity index (χ4n) is 1.01. The summed E-state index contributed by atoms with van der Waals surface area (Å²) in [7, 11) is 0. The van der Waals surface area contributed by atoms with E-state index in [2.05, 4.69) is 24.2 Å². The van der Waals surface area contributed by atoms with Gasteiger partial charge in [-0.05, 0) is 0 Å². The molecule has 0 aromatic carbocycles. The van der Waals surface area contributed by atoms with Gasteiger partial charge in [0.15, 0.2) is 0 Å². The maximum atomic E-state index is 3.83. The molecule has 0 aliphatic carbocycles. The predicted octanol–water partition coefficient (Wildman–Crippen LogP) is 3.72. The Morgan fingerprint density at radius 1 is 1.00 bits per heavy atom. The molecular weight excluding hydrogens is 181 g/mol. The standard InChI is InChI=1S/C9H21Ge/c1-5-6-7-8-9-10(2,3)4/h1,5-9H2,2-4H3. The van der Waals surface area contributed by atoms with E-state index in [0.717, 1.165) is 6.42 Å². The third kappa shape index (κ3) is 8.54. The van der Waals surface area contributed by atoms with Gasteiger partial charge in [-0.3, -0.25) is 0 Å². The van der Waals surface area contributed by atoms with Crippen molar-refractivity contribution >= 4 is 13.3 Å². The van der Waals surface area contributed by atoms with E-state index >= 15 is 0 Å². The van der Waals surface area contributed by atoms with E-state index in [9.17, 15) is 0 Å². The molecule has 0 aromatic heterocycles. The minimum atomic E-state index is -1.17. The van der Waals surface area contributed by atoms with Crippen molar-refractivity contribution in [1.82, 2.24) is 0 Å². The molecule has 0 aliphatic heterocycles. The number of hydrogen-bond acceptors (Lipinski definition) is 0. The molecule has 0 saturated heterocycles. The van der Waals surface area contributed by atoms with Crippen LogP contribution in [0.3, 0.4) is 0 Å². The van der Waals surface area contributed by atoms with E-state index in [1.165, 1.54) is 19.3 Å². The van der Waals surface area contributed by atoms with Crippen LogP contribution in [-0.4, -0.2) is 13.3 Å². The average molecular weight is 202 g/mol. The van der Waals surface area contributed by atoms with Crippen LogP contribution in [0.4, 0.5) is 0 Å². The first-order valence-corrected chi connectivity index (χ1v) is 12.1. The molecule has 1 radical (unpaired) electrons. The van der Waals surface area contributed by atoms with Crippen molar-refractivity contribution in [3.05, 3.63) is 6.92 Å². The third-order valence-corrected chi connectivity index (χ3v) is 5.57. The van der Waals surface area contributed by atoms with Crippen LogP contribution in [0.5, 0.6) is 0 Å². The Hall–Kier alpha value is 0.543. The SMILES string of the molecule is [CH2]CCCC[CH2][Ge]([CH3])([CH3])[CH3]. The molecule has 0 amide bonds. The minimum absolute atomic E-state index is 1.12. The molecule has 0 atom stereocenters. The molecule has 0 nitrogen and oxygen atoms in total. The van der Waals surface area contributed by atoms with Gasteiger partial charge in [-0.15, -0.1) is 0 Å². The van der Waals surface area contributed by atoms with Crippen molar-refractivity contribution in [1.29, 1.82) is 0 Å². The van der Waals surface area contributed by atoms with Crippen LogP contribution < -0.4 is 0 Å². The second-order valence-electron chi connectivity index (χ2n) is 4.22. The van der Waals surface area contributed by atoms with E-state index in [0.29, 0.717) is 0 Å². The van der Waals surface area contributed by atoms with Gasteiger partial charge in [-0.25, -0.2) is 0 Å². The van der Waals surface area contributed by atoms with Gasteiger partial charge < -0.3 is 0 Å². The summed E-state index contributed by atoms with van der Waals surface area (Å²) in [6.07, 6.45) is 5.32. The van der Waals surface area contributed by atoms with Gasteiger partial charge in [0.25, 0.3) is 0 Å². The summed E-state index contributed by atoms with van der Waals surface area (Å²) in [6.45, 7) is 3.83. The molecule has 0 unspecified atom stereocenters. The topological polar surface area (TPSA) is 0 Å². The fourth-order valence-corrected chi connectivity index (χ4v) is 3.76. The van der Waals surface area contributed by atoms with Crippen LogP contribution in [0.25, 0.3) is 0 Å². The Bertz CT molecular complexity index is 71.3. The zero-order valence-electron chi connectivity index (χ0n) is 7.74. The van der Waals surface area contributed by atoms with E-state index in [-0.39, 0.29) is 0 Å². The first-order chi connectivity index (χ1) is 4.56. The van der Waals surface area contributed by atoms with Crippen molar-refractivity contribution in [3.8, 4) is 0 Å². The molecule has 0 heterocycles. The van der Waals surface area contributed by atoms with Crippen molar-refractivity contribution < 1.29 is 0 Å². The van der Waals surface area contributed by atoms with E-state index in [1.807, 2.05) is 0 Å². The summed E-state index contributed by atoms with van der Waals surface area (Å²) in [4.78, 5) is 0. The Balaban J connectivity index is 3.04. The molecule has 0 aromatic rings. The maximum absolute atomic E-state index is 3.83. The second kappa shape index (κ2) is 5.23. The number of hydrogen-bond donors (Lipinski definition) is 0. The van der Waals surface area contributed by atoms with Gasteiger partial charge in [0.2, 0.25) is 0 Å². The van der Waals surface area contributed by atoms with Gasteiger partial charge in [-0.1, -0.05) is 0 Å². The zero-order chi connectivity index (χ0) is 8.04. The summed E-state index contributed by atoms with van der Waals surface area (Å²) in [5, 5.41) is 1.54. The Labute approximate surface area is 68.8 Å².